The van der Waals surface area contributed by atoms with E-state index < -0.39 is 6.10 Å². The third-order valence-corrected chi connectivity index (χ3v) is 0.957. The Hall–Kier alpha value is -0.630. The zero-order valence-electron chi connectivity index (χ0n) is 5.85. The van der Waals surface area contributed by atoms with Crippen LogP contribution in [0.15, 0.2) is 12.2 Å². The van der Waals surface area contributed by atoms with Crippen LogP contribution in [-0.2, 0) is 4.79 Å². The highest BCUT2D eigenvalue weighted by Crippen LogP contribution is 1.98. The maximum absolute atomic E-state index is 10.7. The molecule has 0 aromatic heterocycles. The Labute approximate surface area is 55.2 Å². The van der Waals surface area contributed by atoms with E-state index in [0.29, 0.717) is 5.57 Å². The number of allylic oxidation sites excluding steroid dienone is 1. The number of hydrogen-bond acceptors (Lipinski definition) is 2. The van der Waals surface area contributed by atoms with Crippen molar-refractivity contribution >= 4 is 5.78 Å². The molecule has 0 saturated carbocycles. The number of hydrogen-bond donors (Lipinski definition) is 1. The fourth-order valence-electron chi connectivity index (χ4n) is 0.443. The molecule has 0 aromatic rings. The average Bonchev–Trinajstić information content (AvgIpc) is 1.63. The molecule has 0 amide bonds. The van der Waals surface area contributed by atoms with Gasteiger partial charge >= 0.3 is 0 Å². The summed E-state index contributed by atoms with van der Waals surface area (Å²) in [6.45, 7) is 6.68. The Kier molecular flexibility index (Phi) is 3.17. The lowest BCUT2D eigenvalue weighted by molar-refractivity contribution is -0.117. The molecule has 52 valence electrons. The van der Waals surface area contributed by atoms with Crippen molar-refractivity contribution in [3.8, 4) is 0 Å². The van der Waals surface area contributed by atoms with E-state index in [4.69, 9.17) is 5.11 Å². The van der Waals surface area contributed by atoms with Crippen molar-refractivity contribution in [3.05, 3.63) is 12.2 Å². The number of carbonyl (C=O) groups excluding carboxylic acids is 1. The number of aliphatic hydroxyl groups excluding tert-OH is 1. The highest BCUT2D eigenvalue weighted by Gasteiger charge is 2.04. The molecule has 9 heavy (non-hydrogen) atoms. The first-order valence-corrected chi connectivity index (χ1v) is 2.91. The highest BCUT2D eigenvalue weighted by molar-refractivity contribution is 5.94. The molecule has 0 heterocycles. The van der Waals surface area contributed by atoms with Crippen LogP contribution in [0, 0.1) is 0 Å². The minimum atomic E-state index is -0.547. The van der Waals surface area contributed by atoms with Crippen LogP contribution in [0.4, 0.5) is 0 Å². The molecular formula is C7H12O2. The van der Waals surface area contributed by atoms with Gasteiger partial charge in [0.15, 0.2) is 5.78 Å². The van der Waals surface area contributed by atoms with Gasteiger partial charge in [0.1, 0.15) is 0 Å². The van der Waals surface area contributed by atoms with Gasteiger partial charge in [-0.3, -0.25) is 4.79 Å². The molecule has 0 aliphatic heterocycles. The van der Waals surface area contributed by atoms with E-state index in [0.717, 1.165) is 0 Å². The fraction of sp³-hybridized carbons (Fsp3) is 0.571. The third kappa shape index (κ3) is 3.91. The smallest absolute Gasteiger partial charge is 0.160 e. The molecule has 0 rings (SSSR count). The number of aliphatic hydroxyl groups is 1. The SMILES string of the molecule is C=C(C)C(=O)CC(C)O. The molecular weight excluding hydrogens is 116 g/mol. The van der Waals surface area contributed by atoms with Crippen LogP contribution in [0.25, 0.3) is 0 Å². The lowest BCUT2D eigenvalue weighted by atomic mass is 10.1. The first-order chi connectivity index (χ1) is 4.04. The van der Waals surface area contributed by atoms with E-state index in [2.05, 4.69) is 6.58 Å². The average molecular weight is 128 g/mol. The molecule has 0 saturated heterocycles. The van der Waals surface area contributed by atoms with E-state index in [1.165, 1.54) is 0 Å². The maximum Gasteiger partial charge on any atom is 0.160 e. The van der Waals surface area contributed by atoms with Crippen LogP contribution < -0.4 is 0 Å². The van der Waals surface area contributed by atoms with Crippen LogP contribution in [0.2, 0.25) is 0 Å². The monoisotopic (exact) mass is 128 g/mol. The predicted molar refractivity (Wildman–Crippen MR) is 36.1 cm³/mol. The summed E-state index contributed by atoms with van der Waals surface area (Å²) in [4.78, 5) is 10.7. The van der Waals surface area contributed by atoms with E-state index in [1.54, 1.807) is 13.8 Å². The predicted octanol–water partition coefficient (Wildman–Crippen LogP) is 0.902. The summed E-state index contributed by atoms with van der Waals surface area (Å²) in [5.41, 5.74) is 0.510. The van der Waals surface area contributed by atoms with Gasteiger partial charge in [-0.2, -0.15) is 0 Å². The molecule has 0 aromatic carbocycles. The van der Waals surface area contributed by atoms with E-state index >= 15 is 0 Å². The zero-order valence-corrected chi connectivity index (χ0v) is 5.85. The maximum atomic E-state index is 10.7. The van der Waals surface area contributed by atoms with E-state index in [-0.39, 0.29) is 12.2 Å². The Morgan fingerprint density at radius 1 is 1.78 bits per heavy atom. The van der Waals surface area contributed by atoms with Gasteiger partial charge in [-0.1, -0.05) is 6.58 Å². The molecule has 0 spiro atoms. The quantitative estimate of drug-likeness (QED) is 0.573. The summed E-state index contributed by atoms with van der Waals surface area (Å²) >= 11 is 0. The van der Waals surface area contributed by atoms with Gasteiger partial charge in [0.2, 0.25) is 0 Å². The molecule has 0 aliphatic rings. The Bertz CT molecular complexity index is 125. The summed E-state index contributed by atoms with van der Waals surface area (Å²) in [5.74, 6) is -0.0648. The minimum absolute atomic E-state index is 0.0648. The van der Waals surface area contributed by atoms with Crippen LogP contribution in [-0.4, -0.2) is 17.0 Å². The topological polar surface area (TPSA) is 37.3 Å². The first kappa shape index (κ1) is 8.37. The molecule has 2 nitrogen and oxygen atoms in total. The molecule has 1 N–H and O–H groups in total. The second-order valence-electron chi connectivity index (χ2n) is 2.26. The second-order valence-corrected chi connectivity index (χ2v) is 2.26. The van der Waals surface area contributed by atoms with Gasteiger partial charge in [0.25, 0.3) is 0 Å². The fourth-order valence-corrected chi connectivity index (χ4v) is 0.443. The van der Waals surface area contributed by atoms with Crippen molar-refractivity contribution in [2.24, 2.45) is 0 Å². The third-order valence-electron chi connectivity index (χ3n) is 0.957. The van der Waals surface area contributed by atoms with Crippen LogP contribution >= 0.6 is 0 Å². The van der Waals surface area contributed by atoms with E-state index in [9.17, 15) is 4.79 Å². The van der Waals surface area contributed by atoms with Gasteiger partial charge in [-0.05, 0) is 19.4 Å². The van der Waals surface area contributed by atoms with Crippen molar-refractivity contribution in [2.75, 3.05) is 0 Å². The van der Waals surface area contributed by atoms with Crippen LogP contribution in [0.3, 0.4) is 0 Å². The zero-order chi connectivity index (χ0) is 7.44. The van der Waals surface area contributed by atoms with Gasteiger partial charge in [-0.25, -0.2) is 0 Å². The largest absolute Gasteiger partial charge is 0.393 e. The van der Waals surface area contributed by atoms with Gasteiger partial charge in [0.05, 0.1) is 6.10 Å². The van der Waals surface area contributed by atoms with Crippen molar-refractivity contribution < 1.29 is 9.90 Å². The summed E-state index contributed by atoms with van der Waals surface area (Å²) in [5, 5.41) is 8.71. The lowest BCUT2D eigenvalue weighted by Gasteiger charge is -2.00. The standard InChI is InChI=1S/C7H12O2/c1-5(2)7(9)4-6(3)8/h6,8H,1,4H2,2-3H3. The molecule has 0 bridgehead atoms. The second kappa shape index (κ2) is 3.41. The molecule has 0 fully saturated rings. The van der Waals surface area contributed by atoms with Crippen LogP contribution in [0.1, 0.15) is 20.3 Å². The summed E-state index contributed by atoms with van der Waals surface area (Å²) in [7, 11) is 0. The summed E-state index contributed by atoms with van der Waals surface area (Å²) in [6.07, 6.45) is -0.357. The summed E-state index contributed by atoms with van der Waals surface area (Å²) < 4.78 is 0. The van der Waals surface area contributed by atoms with Crippen molar-refractivity contribution in [3.63, 3.8) is 0 Å². The Morgan fingerprint density at radius 3 is 2.33 bits per heavy atom. The number of Topliss-reactive ketones (excluding diaryl/α,β-unsaturated/α-hetero) is 1. The molecule has 2 heteroatoms. The number of carbonyl (C=O) groups is 1. The lowest BCUT2D eigenvalue weighted by Crippen LogP contribution is -2.09. The Balaban J connectivity index is 3.65. The van der Waals surface area contributed by atoms with Crippen molar-refractivity contribution in [1.82, 2.24) is 0 Å². The summed E-state index contributed by atoms with van der Waals surface area (Å²) in [6, 6.07) is 0. The number of rotatable bonds is 3. The molecule has 0 radical (unpaired) electrons. The van der Waals surface area contributed by atoms with Gasteiger partial charge in [0, 0.05) is 6.42 Å². The molecule has 1 unspecified atom stereocenters. The van der Waals surface area contributed by atoms with Crippen LogP contribution in [0.5, 0.6) is 0 Å². The highest BCUT2D eigenvalue weighted by atomic mass is 16.3. The normalized spacial score (nSPS) is 12.8. The molecule has 1 atom stereocenters. The first-order valence-electron chi connectivity index (χ1n) is 2.91. The Morgan fingerprint density at radius 2 is 2.22 bits per heavy atom. The van der Waals surface area contributed by atoms with Gasteiger partial charge in [-0.15, -0.1) is 0 Å². The molecule has 0 aliphatic carbocycles. The number of ketones is 1. The van der Waals surface area contributed by atoms with E-state index in [1.807, 2.05) is 0 Å². The van der Waals surface area contributed by atoms with Crippen molar-refractivity contribution in [2.45, 2.75) is 26.4 Å². The van der Waals surface area contributed by atoms with Crippen molar-refractivity contribution in [1.29, 1.82) is 0 Å². The van der Waals surface area contributed by atoms with Gasteiger partial charge < -0.3 is 5.11 Å². The minimum Gasteiger partial charge on any atom is -0.393 e.